The van der Waals surface area contributed by atoms with Crippen LogP contribution in [0.3, 0.4) is 0 Å². The normalized spacial score (nSPS) is 13.4. The lowest BCUT2D eigenvalue weighted by atomic mass is 9.93. The van der Waals surface area contributed by atoms with Gasteiger partial charge in [0.2, 0.25) is 0 Å². The summed E-state index contributed by atoms with van der Waals surface area (Å²) in [7, 11) is 0. The molecule has 3 rings (SSSR count). The summed E-state index contributed by atoms with van der Waals surface area (Å²) in [6.45, 7) is 19.7. The molecule has 1 saturated heterocycles. The molecular weight excluding hydrogens is 438 g/mol. The fraction of sp³-hybridized carbons (Fsp3) is 0.519. The number of halogens is 1. The van der Waals surface area contributed by atoms with Crippen LogP contribution in [0.15, 0.2) is 35.2 Å². The van der Waals surface area contributed by atoms with E-state index in [4.69, 9.17) is 16.3 Å². The number of benzene rings is 1. The average Bonchev–Trinajstić information content (AvgIpc) is 3.17. The quantitative estimate of drug-likeness (QED) is 0.324. The standard InChI is InChI=1S/C17H17ClOS.C7H15NO.C3H8/c1-10(2)15(13-8-9-20-12(13)4)17(19)14-7-5-6-11(3)16(14)18;1-2-3-8-4-6-9-7-5-8;1-3-2/h5-9H,1-4H3;2-7H2,1H3;3H2,1-2H3. The molecule has 0 aliphatic carbocycles. The Morgan fingerprint density at radius 2 is 1.69 bits per heavy atom. The van der Waals surface area contributed by atoms with Gasteiger partial charge in [-0.05, 0) is 69.3 Å². The Morgan fingerprint density at radius 1 is 1.06 bits per heavy atom. The maximum absolute atomic E-state index is 12.9. The fourth-order valence-corrected chi connectivity index (χ4v) is 4.28. The Bertz CT molecular complexity index is 860. The van der Waals surface area contributed by atoms with Crippen LogP contribution in [0, 0.1) is 13.8 Å². The molecule has 1 fully saturated rings. The van der Waals surface area contributed by atoms with Crippen molar-refractivity contribution in [3.63, 3.8) is 0 Å². The number of ketones is 1. The first-order chi connectivity index (χ1) is 15.3. The van der Waals surface area contributed by atoms with Gasteiger partial charge in [-0.2, -0.15) is 0 Å². The molecule has 0 amide bonds. The Kier molecular flexibility index (Phi) is 13.7. The summed E-state index contributed by atoms with van der Waals surface area (Å²) in [6.07, 6.45) is 2.51. The summed E-state index contributed by atoms with van der Waals surface area (Å²) < 4.78 is 5.20. The highest BCUT2D eigenvalue weighted by Gasteiger charge is 2.20. The number of nitrogens with zero attached hydrogens (tertiary/aromatic N) is 1. The van der Waals surface area contributed by atoms with E-state index in [1.54, 1.807) is 17.4 Å². The summed E-state index contributed by atoms with van der Waals surface area (Å²) >= 11 is 7.95. The van der Waals surface area contributed by atoms with E-state index in [1.165, 1.54) is 19.4 Å². The van der Waals surface area contributed by atoms with Crippen molar-refractivity contribution in [2.75, 3.05) is 32.8 Å². The third-order valence-corrected chi connectivity index (χ3v) is 6.28. The summed E-state index contributed by atoms with van der Waals surface area (Å²) in [4.78, 5) is 16.5. The minimum atomic E-state index is 0.000185. The SMILES string of the molecule is CC(C)=C(C(=O)c1cccc(C)c1Cl)c1ccsc1C.CCC.CCCN1CCOCC1. The minimum absolute atomic E-state index is 0.000185. The van der Waals surface area contributed by atoms with Crippen molar-refractivity contribution < 1.29 is 9.53 Å². The van der Waals surface area contributed by atoms with E-state index >= 15 is 0 Å². The van der Waals surface area contributed by atoms with E-state index in [2.05, 4.69) is 25.7 Å². The minimum Gasteiger partial charge on any atom is -0.379 e. The molecule has 32 heavy (non-hydrogen) atoms. The Labute approximate surface area is 204 Å². The first-order valence-corrected chi connectivity index (χ1v) is 12.9. The third kappa shape index (κ3) is 8.82. The lowest BCUT2D eigenvalue weighted by Gasteiger charge is -2.25. The Hall–Kier alpha value is -1.46. The molecule has 0 unspecified atom stereocenters. The van der Waals surface area contributed by atoms with Gasteiger partial charge in [0.05, 0.1) is 18.2 Å². The zero-order valence-electron chi connectivity index (χ0n) is 20.9. The Morgan fingerprint density at radius 3 is 2.19 bits per heavy atom. The second-order valence-corrected chi connectivity index (χ2v) is 9.69. The molecule has 0 N–H and O–H groups in total. The molecule has 1 aromatic heterocycles. The number of morpholine rings is 1. The molecule has 0 saturated carbocycles. The number of ether oxygens (including phenoxy) is 1. The Balaban J connectivity index is 0.000000354. The number of rotatable bonds is 5. The van der Waals surface area contributed by atoms with Crippen molar-refractivity contribution in [3.8, 4) is 0 Å². The molecule has 2 aromatic rings. The van der Waals surface area contributed by atoms with Crippen molar-refractivity contribution in [2.24, 2.45) is 0 Å². The van der Waals surface area contributed by atoms with Crippen LogP contribution in [0.25, 0.3) is 5.57 Å². The molecule has 2 heterocycles. The number of thiophene rings is 1. The highest BCUT2D eigenvalue weighted by molar-refractivity contribution is 7.10. The van der Waals surface area contributed by atoms with Crippen LogP contribution in [0.4, 0.5) is 0 Å². The van der Waals surface area contributed by atoms with Crippen molar-refractivity contribution in [3.05, 3.63) is 61.8 Å². The number of hydrogen-bond acceptors (Lipinski definition) is 4. The van der Waals surface area contributed by atoms with E-state index in [0.717, 1.165) is 53.5 Å². The van der Waals surface area contributed by atoms with Crippen LogP contribution in [-0.4, -0.2) is 43.5 Å². The molecule has 0 radical (unpaired) electrons. The van der Waals surface area contributed by atoms with E-state index < -0.39 is 0 Å². The molecule has 5 heteroatoms. The molecule has 1 aromatic carbocycles. The number of carbonyl (C=O) groups is 1. The van der Waals surface area contributed by atoms with Crippen LogP contribution < -0.4 is 0 Å². The predicted molar refractivity (Wildman–Crippen MR) is 141 cm³/mol. The van der Waals surface area contributed by atoms with Crippen LogP contribution in [0.1, 0.15) is 73.8 Å². The van der Waals surface area contributed by atoms with Gasteiger partial charge in [-0.15, -0.1) is 11.3 Å². The zero-order valence-corrected chi connectivity index (χ0v) is 22.5. The van der Waals surface area contributed by atoms with Gasteiger partial charge in [0.15, 0.2) is 5.78 Å². The summed E-state index contributed by atoms with van der Waals surface area (Å²) in [5, 5.41) is 2.56. The van der Waals surface area contributed by atoms with E-state index in [-0.39, 0.29) is 5.78 Å². The van der Waals surface area contributed by atoms with Crippen LogP contribution in [0.2, 0.25) is 5.02 Å². The van der Waals surface area contributed by atoms with Crippen molar-refractivity contribution in [1.82, 2.24) is 4.90 Å². The number of Topliss-reactive ketones (excluding diaryl/α,β-unsaturated/α-hetero) is 1. The topological polar surface area (TPSA) is 29.5 Å². The van der Waals surface area contributed by atoms with Crippen molar-refractivity contribution >= 4 is 34.3 Å². The van der Waals surface area contributed by atoms with E-state index in [1.807, 2.05) is 51.3 Å². The average molecular weight is 478 g/mol. The van der Waals surface area contributed by atoms with Gasteiger partial charge in [0.1, 0.15) is 0 Å². The lowest BCUT2D eigenvalue weighted by molar-refractivity contribution is 0.0380. The predicted octanol–water partition coefficient (Wildman–Crippen LogP) is 7.84. The van der Waals surface area contributed by atoms with Gasteiger partial charge in [-0.3, -0.25) is 9.69 Å². The first-order valence-electron chi connectivity index (χ1n) is 11.6. The zero-order chi connectivity index (χ0) is 24.1. The molecule has 3 nitrogen and oxygen atoms in total. The van der Waals surface area contributed by atoms with Gasteiger partial charge in [0, 0.05) is 29.1 Å². The molecule has 0 spiro atoms. The molecule has 0 bridgehead atoms. The maximum atomic E-state index is 12.9. The second kappa shape index (κ2) is 15.4. The van der Waals surface area contributed by atoms with E-state index in [0.29, 0.717) is 10.6 Å². The smallest absolute Gasteiger partial charge is 0.195 e. The second-order valence-electron chi connectivity index (χ2n) is 8.19. The number of aryl methyl sites for hydroxylation is 2. The van der Waals surface area contributed by atoms with Gasteiger partial charge in [-0.25, -0.2) is 0 Å². The van der Waals surface area contributed by atoms with Crippen LogP contribution >= 0.6 is 22.9 Å². The molecule has 1 aliphatic rings. The molecule has 1 aliphatic heterocycles. The van der Waals surface area contributed by atoms with Crippen LogP contribution in [0.5, 0.6) is 0 Å². The summed E-state index contributed by atoms with van der Waals surface area (Å²) in [6, 6.07) is 7.58. The fourth-order valence-electron chi connectivity index (χ4n) is 3.36. The van der Waals surface area contributed by atoms with Gasteiger partial charge in [-0.1, -0.05) is 56.5 Å². The first kappa shape index (κ1) is 28.6. The summed E-state index contributed by atoms with van der Waals surface area (Å²) in [5.74, 6) is 0.000185. The molecule has 178 valence electrons. The van der Waals surface area contributed by atoms with Gasteiger partial charge < -0.3 is 4.74 Å². The van der Waals surface area contributed by atoms with Crippen molar-refractivity contribution in [1.29, 1.82) is 0 Å². The largest absolute Gasteiger partial charge is 0.379 e. The molecule has 0 atom stereocenters. The number of carbonyl (C=O) groups excluding carboxylic acids is 1. The number of allylic oxidation sites excluding steroid dienone is 2. The highest BCUT2D eigenvalue weighted by atomic mass is 35.5. The summed E-state index contributed by atoms with van der Waals surface area (Å²) in [5.41, 5.74) is 4.28. The van der Waals surface area contributed by atoms with Gasteiger partial charge >= 0.3 is 0 Å². The highest BCUT2D eigenvalue weighted by Crippen LogP contribution is 2.32. The van der Waals surface area contributed by atoms with Gasteiger partial charge in [0.25, 0.3) is 0 Å². The maximum Gasteiger partial charge on any atom is 0.195 e. The lowest BCUT2D eigenvalue weighted by Crippen LogP contribution is -2.36. The third-order valence-electron chi connectivity index (χ3n) is 4.94. The molecular formula is C27H40ClNO2S. The van der Waals surface area contributed by atoms with Crippen molar-refractivity contribution in [2.45, 2.75) is 61.3 Å². The van der Waals surface area contributed by atoms with E-state index in [9.17, 15) is 4.79 Å². The monoisotopic (exact) mass is 477 g/mol. The number of hydrogen-bond donors (Lipinski definition) is 0. The van der Waals surface area contributed by atoms with Crippen LogP contribution in [-0.2, 0) is 4.74 Å².